The Bertz CT molecular complexity index is 506. The Hall–Kier alpha value is -1.47. The first kappa shape index (κ1) is 11.0. The molecule has 0 N–H and O–H groups in total. The van der Waals surface area contributed by atoms with Gasteiger partial charge in [-0.05, 0) is 49.2 Å². The highest BCUT2D eigenvalue weighted by molar-refractivity contribution is 6.32. The Labute approximate surface area is 101 Å². The number of ether oxygens (including phenoxy) is 1. The van der Waals surface area contributed by atoms with E-state index in [4.69, 9.17) is 16.3 Å². The smallest absolute Gasteiger partial charge is 0.146 e. The lowest BCUT2D eigenvalue weighted by molar-refractivity contribution is 0.482. The quantitative estimate of drug-likeness (QED) is 0.726. The van der Waals surface area contributed by atoms with E-state index in [1.807, 2.05) is 56.3 Å². The van der Waals surface area contributed by atoms with Crippen LogP contribution in [0, 0.1) is 13.8 Å². The molecule has 0 aliphatic heterocycles. The molecule has 0 saturated heterocycles. The number of halogens is 1. The second kappa shape index (κ2) is 4.58. The van der Waals surface area contributed by atoms with Crippen LogP contribution in [0.2, 0.25) is 5.02 Å². The fourth-order valence-corrected chi connectivity index (χ4v) is 1.65. The molecule has 0 aliphatic carbocycles. The van der Waals surface area contributed by atoms with Crippen LogP contribution in [0.15, 0.2) is 42.5 Å². The summed E-state index contributed by atoms with van der Waals surface area (Å²) in [5, 5.41) is 0.632. The molecule has 0 atom stereocenters. The largest absolute Gasteiger partial charge is 0.456 e. The van der Waals surface area contributed by atoms with E-state index in [2.05, 4.69) is 0 Å². The number of aryl methyl sites for hydroxylation is 2. The molecule has 2 aromatic rings. The third-order valence-electron chi connectivity index (χ3n) is 2.30. The molecule has 82 valence electrons. The summed E-state index contributed by atoms with van der Waals surface area (Å²) in [4.78, 5) is 0. The van der Waals surface area contributed by atoms with E-state index < -0.39 is 0 Å². The summed E-state index contributed by atoms with van der Waals surface area (Å²) < 4.78 is 5.74. The van der Waals surface area contributed by atoms with Crippen molar-refractivity contribution in [1.29, 1.82) is 0 Å². The molecule has 2 aromatic carbocycles. The summed E-state index contributed by atoms with van der Waals surface area (Å²) in [5.74, 6) is 1.51. The average Bonchev–Trinajstić information content (AvgIpc) is 2.24. The zero-order chi connectivity index (χ0) is 11.5. The van der Waals surface area contributed by atoms with Gasteiger partial charge in [0.1, 0.15) is 11.5 Å². The van der Waals surface area contributed by atoms with Crippen LogP contribution >= 0.6 is 11.6 Å². The predicted molar refractivity (Wildman–Crippen MR) is 67.4 cm³/mol. The molecule has 0 saturated carbocycles. The van der Waals surface area contributed by atoms with E-state index in [1.165, 1.54) is 5.56 Å². The Morgan fingerprint density at radius 1 is 0.938 bits per heavy atom. The second-order valence-corrected chi connectivity index (χ2v) is 4.26. The van der Waals surface area contributed by atoms with Gasteiger partial charge >= 0.3 is 0 Å². The molecule has 2 heteroatoms. The van der Waals surface area contributed by atoms with Crippen LogP contribution in [0.5, 0.6) is 11.5 Å². The molecule has 2 rings (SSSR count). The predicted octanol–water partition coefficient (Wildman–Crippen LogP) is 4.75. The van der Waals surface area contributed by atoms with Crippen molar-refractivity contribution in [1.82, 2.24) is 0 Å². The Kier molecular flexibility index (Phi) is 3.16. The van der Waals surface area contributed by atoms with Gasteiger partial charge in [0, 0.05) is 0 Å². The molecule has 0 amide bonds. The van der Waals surface area contributed by atoms with E-state index in [0.29, 0.717) is 10.8 Å². The van der Waals surface area contributed by atoms with Crippen molar-refractivity contribution in [2.45, 2.75) is 13.8 Å². The van der Waals surface area contributed by atoms with Gasteiger partial charge in [0.05, 0.1) is 5.02 Å². The molecule has 0 heterocycles. The van der Waals surface area contributed by atoms with Crippen LogP contribution in [0.4, 0.5) is 0 Å². The second-order valence-electron chi connectivity index (χ2n) is 3.85. The van der Waals surface area contributed by atoms with Gasteiger partial charge in [0.15, 0.2) is 0 Å². The average molecular weight is 233 g/mol. The summed E-state index contributed by atoms with van der Waals surface area (Å²) in [7, 11) is 0. The van der Waals surface area contributed by atoms with Crippen molar-refractivity contribution in [2.75, 3.05) is 0 Å². The standard InChI is InChI=1S/C14H13ClO/c1-10-4-3-5-12(8-10)16-14-9-11(2)6-7-13(14)15/h3-9H,1-2H3. The third kappa shape index (κ3) is 2.56. The fourth-order valence-electron chi connectivity index (χ4n) is 1.49. The molecule has 0 bridgehead atoms. The van der Waals surface area contributed by atoms with E-state index in [-0.39, 0.29) is 0 Å². The van der Waals surface area contributed by atoms with Gasteiger partial charge in [-0.25, -0.2) is 0 Å². The molecule has 0 unspecified atom stereocenters. The van der Waals surface area contributed by atoms with Gasteiger partial charge in [-0.15, -0.1) is 0 Å². The lowest BCUT2D eigenvalue weighted by Gasteiger charge is -2.08. The van der Waals surface area contributed by atoms with Crippen LogP contribution in [0.1, 0.15) is 11.1 Å². The lowest BCUT2D eigenvalue weighted by atomic mass is 10.2. The van der Waals surface area contributed by atoms with Crippen LogP contribution in [0.25, 0.3) is 0 Å². The Morgan fingerprint density at radius 3 is 2.44 bits per heavy atom. The molecule has 1 nitrogen and oxygen atoms in total. The van der Waals surface area contributed by atoms with Crippen molar-refractivity contribution in [3.8, 4) is 11.5 Å². The highest BCUT2D eigenvalue weighted by Crippen LogP contribution is 2.30. The molecule has 0 fully saturated rings. The molecule has 0 spiro atoms. The molecular formula is C14H13ClO. The van der Waals surface area contributed by atoms with E-state index in [0.717, 1.165) is 11.3 Å². The summed E-state index contributed by atoms with van der Waals surface area (Å²) in [5.41, 5.74) is 2.30. The monoisotopic (exact) mass is 232 g/mol. The Balaban J connectivity index is 2.30. The molecule has 16 heavy (non-hydrogen) atoms. The first-order valence-electron chi connectivity index (χ1n) is 5.16. The van der Waals surface area contributed by atoms with Gasteiger partial charge in [-0.3, -0.25) is 0 Å². The van der Waals surface area contributed by atoms with Crippen molar-refractivity contribution in [2.24, 2.45) is 0 Å². The third-order valence-corrected chi connectivity index (χ3v) is 2.62. The highest BCUT2D eigenvalue weighted by Gasteiger charge is 2.03. The summed E-state index contributed by atoms with van der Waals surface area (Å²) in [6, 6.07) is 13.7. The van der Waals surface area contributed by atoms with Crippen molar-refractivity contribution < 1.29 is 4.74 Å². The van der Waals surface area contributed by atoms with Gasteiger partial charge in [-0.2, -0.15) is 0 Å². The van der Waals surface area contributed by atoms with Gasteiger partial charge in [0.2, 0.25) is 0 Å². The summed E-state index contributed by atoms with van der Waals surface area (Å²) in [6.07, 6.45) is 0. The lowest BCUT2D eigenvalue weighted by Crippen LogP contribution is -1.86. The SMILES string of the molecule is Cc1cccc(Oc2cc(C)ccc2Cl)c1. The zero-order valence-corrected chi connectivity index (χ0v) is 10.1. The van der Waals surface area contributed by atoms with Crippen molar-refractivity contribution in [3.05, 3.63) is 58.6 Å². The number of benzene rings is 2. The first-order chi connectivity index (χ1) is 7.65. The van der Waals surface area contributed by atoms with E-state index >= 15 is 0 Å². The number of hydrogen-bond acceptors (Lipinski definition) is 1. The summed E-state index contributed by atoms with van der Waals surface area (Å²) in [6.45, 7) is 4.05. The molecule has 0 aromatic heterocycles. The zero-order valence-electron chi connectivity index (χ0n) is 9.33. The van der Waals surface area contributed by atoms with Gasteiger partial charge in [0.25, 0.3) is 0 Å². The van der Waals surface area contributed by atoms with Gasteiger partial charge in [-0.1, -0.05) is 29.8 Å². The normalized spacial score (nSPS) is 10.2. The maximum Gasteiger partial charge on any atom is 0.146 e. The number of hydrogen-bond donors (Lipinski definition) is 0. The minimum Gasteiger partial charge on any atom is -0.456 e. The van der Waals surface area contributed by atoms with Crippen LogP contribution < -0.4 is 4.74 Å². The van der Waals surface area contributed by atoms with Crippen molar-refractivity contribution in [3.63, 3.8) is 0 Å². The van der Waals surface area contributed by atoms with Crippen LogP contribution in [0.3, 0.4) is 0 Å². The fraction of sp³-hybridized carbons (Fsp3) is 0.143. The first-order valence-corrected chi connectivity index (χ1v) is 5.53. The van der Waals surface area contributed by atoms with Crippen molar-refractivity contribution >= 4 is 11.6 Å². The molecular weight excluding hydrogens is 220 g/mol. The minimum absolute atomic E-state index is 0.632. The molecule has 0 aliphatic rings. The van der Waals surface area contributed by atoms with Gasteiger partial charge < -0.3 is 4.74 Å². The maximum atomic E-state index is 6.06. The topological polar surface area (TPSA) is 9.23 Å². The molecule has 0 radical (unpaired) electrons. The van der Waals surface area contributed by atoms with Crippen LogP contribution in [-0.4, -0.2) is 0 Å². The highest BCUT2D eigenvalue weighted by atomic mass is 35.5. The maximum absolute atomic E-state index is 6.06. The minimum atomic E-state index is 0.632. The van der Waals surface area contributed by atoms with Crippen LogP contribution in [-0.2, 0) is 0 Å². The number of rotatable bonds is 2. The van der Waals surface area contributed by atoms with E-state index in [1.54, 1.807) is 0 Å². The Morgan fingerprint density at radius 2 is 1.69 bits per heavy atom. The summed E-state index contributed by atoms with van der Waals surface area (Å²) >= 11 is 6.06. The van der Waals surface area contributed by atoms with E-state index in [9.17, 15) is 0 Å².